The number of alkyl carbamates (subject to hydrolysis) is 1. The third-order valence-corrected chi connectivity index (χ3v) is 14.9. The molecule has 2 aromatic carbocycles. The van der Waals surface area contributed by atoms with Gasteiger partial charge in [-0.3, -0.25) is 19.1 Å². The van der Waals surface area contributed by atoms with Crippen molar-refractivity contribution in [3.8, 4) is 5.88 Å². The lowest BCUT2D eigenvalue weighted by molar-refractivity contribution is -0.136. The fraction of sp³-hybridized carbons (Fsp3) is 0.545. The van der Waals surface area contributed by atoms with Gasteiger partial charge in [0, 0.05) is 24.9 Å². The van der Waals surface area contributed by atoms with Crippen LogP contribution in [0.4, 0.5) is 10.6 Å². The van der Waals surface area contributed by atoms with E-state index in [1.165, 1.54) is 11.1 Å². The zero-order chi connectivity index (χ0) is 40.7. The highest BCUT2D eigenvalue weighted by Crippen LogP contribution is 2.47. The summed E-state index contributed by atoms with van der Waals surface area (Å²) < 4.78 is 40.6. The lowest BCUT2D eigenvalue weighted by atomic mass is 9.86. The molecule has 6 atom stereocenters. The number of hydrogen-bond acceptors (Lipinski definition) is 11. The van der Waals surface area contributed by atoms with E-state index >= 15 is 0 Å². The second-order valence-corrected chi connectivity index (χ2v) is 19.3. The summed E-state index contributed by atoms with van der Waals surface area (Å²) in [7, 11) is -3.89. The molecule has 15 heteroatoms. The van der Waals surface area contributed by atoms with Crippen molar-refractivity contribution in [2.75, 3.05) is 4.90 Å². The number of rotatable bonds is 8. The minimum Gasteiger partial charge on any atom is -0.472 e. The molecule has 59 heavy (non-hydrogen) atoms. The number of allylic oxidation sites excluding steroid dienone is 1. The summed E-state index contributed by atoms with van der Waals surface area (Å²) in [5, 5.41) is 5.23. The van der Waals surface area contributed by atoms with Gasteiger partial charge in [0.05, 0.1) is 28.2 Å². The highest BCUT2D eigenvalue weighted by atomic mass is 32.2. The standard InChI is InChI=1S/C44H52N6O8S/c51-38-33-22-31(57-41-39(45-35-17-10-11-18-36(35)46-41)50-25-27-12-6-7-13-28(27)26-50)23-34(33)40(52)48-44(42(53)49-59(55,56)32-20-21-32)24-29(44)14-4-2-1-3-5-19-37(38)47-43(54)58-30-15-8-9-16-30/h4,6-7,10-14,17-18,29-34,37H,1-3,5,8-9,15-16,19-26H2,(H,47,54)(H,48,52)(H,49,53)/b14-4-/t29?,31-,33?,34+,37+,44+/m0/s1. The fourth-order valence-electron chi connectivity index (χ4n) is 9.49. The number of sulfonamides is 1. The number of ketones is 1. The zero-order valence-corrected chi connectivity index (χ0v) is 34.0. The van der Waals surface area contributed by atoms with Crippen molar-refractivity contribution < 1.29 is 37.1 Å². The maximum absolute atomic E-state index is 14.8. The van der Waals surface area contributed by atoms with Gasteiger partial charge in [0.1, 0.15) is 17.7 Å². The van der Waals surface area contributed by atoms with Crippen molar-refractivity contribution in [2.45, 2.75) is 132 Å². The van der Waals surface area contributed by atoms with E-state index in [1.807, 2.05) is 48.6 Å². The first-order valence-electron chi connectivity index (χ1n) is 21.4. The van der Waals surface area contributed by atoms with E-state index in [-0.39, 0.29) is 31.1 Å². The first-order valence-corrected chi connectivity index (χ1v) is 22.9. The summed E-state index contributed by atoms with van der Waals surface area (Å²) >= 11 is 0. The smallest absolute Gasteiger partial charge is 0.407 e. The van der Waals surface area contributed by atoms with Crippen LogP contribution in [0, 0.1) is 17.8 Å². The second-order valence-electron chi connectivity index (χ2n) is 17.3. The summed E-state index contributed by atoms with van der Waals surface area (Å²) in [5.74, 6) is -3.00. The van der Waals surface area contributed by atoms with Crippen molar-refractivity contribution >= 4 is 50.6 Å². The topological polar surface area (TPSA) is 186 Å². The molecular weight excluding hydrogens is 773 g/mol. The molecule has 3 N–H and O–H groups in total. The number of carbonyl (C=O) groups excluding carboxylic acids is 4. The largest absolute Gasteiger partial charge is 0.472 e. The highest BCUT2D eigenvalue weighted by molar-refractivity contribution is 7.91. The van der Waals surface area contributed by atoms with Gasteiger partial charge in [-0.25, -0.2) is 23.2 Å². The van der Waals surface area contributed by atoms with E-state index in [9.17, 15) is 27.6 Å². The lowest BCUT2D eigenvalue weighted by Gasteiger charge is -2.26. The van der Waals surface area contributed by atoms with Crippen LogP contribution in [0.5, 0.6) is 5.88 Å². The summed E-state index contributed by atoms with van der Waals surface area (Å²) in [4.78, 5) is 68.7. The maximum Gasteiger partial charge on any atom is 0.407 e. The molecule has 2 unspecified atom stereocenters. The average molecular weight is 825 g/mol. The minimum atomic E-state index is -3.89. The van der Waals surface area contributed by atoms with Gasteiger partial charge in [-0.2, -0.15) is 0 Å². The molecule has 4 fully saturated rings. The Morgan fingerprint density at radius 2 is 1.49 bits per heavy atom. The molecule has 3 heterocycles. The number of benzene rings is 2. The van der Waals surface area contributed by atoms with Gasteiger partial charge >= 0.3 is 6.09 Å². The molecule has 2 aliphatic heterocycles. The van der Waals surface area contributed by atoms with Crippen LogP contribution in [-0.4, -0.2) is 71.1 Å². The predicted octanol–water partition coefficient (Wildman–Crippen LogP) is 5.53. The molecule has 14 nitrogen and oxygen atoms in total. The molecule has 0 saturated heterocycles. The van der Waals surface area contributed by atoms with Crippen LogP contribution < -0.4 is 25.0 Å². The molecule has 3 amide bonds. The Morgan fingerprint density at radius 1 is 0.814 bits per heavy atom. The van der Waals surface area contributed by atoms with Crippen molar-refractivity contribution in [3.63, 3.8) is 0 Å². The zero-order valence-electron chi connectivity index (χ0n) is 33.1. The summed E-state index contributed by atoms with van der Waals surface area (Å²) in [6.45, 7) is 1.22. The fourth-order valence-corrected chi connectivity index (χ4v) is 10.9. The SMILES string of the molecule is O=C(N[C@@H]1CCCCC/C=C\C2C[C@@]2(C(=O)NS(=O)(=O)C2CC2)NC(=O)[C@@H]2C[C@@H](Oc3nc4ccccc4nc3N3Cc4ccccc4C3)CC2C1=O)OC1CCCC1. The Hall–Kier alpha value is -5.05. The number of para-hydroxylation sites is 2. The number of amides is 3. The first kappa shape index (κ1) is 39.4. The molecule has 3 aromatic rings. The Kier molecular flexibility index (Phi) is 10.8. The van der Waals surface area contributed by atoms with Crippen LogP contribution >= 0.6 is 0 Å². The second kappa shape index (κ2) is 16.2. The molecule has 312 valence electrons. The Labute approximate surface area is 344 Å². The average Bonchev–Trinajstić information content (AvgIpc) is 4.01. The van der Waals surface area contributed by atoms with Crippen molar-refractivity contribution in [1.82, 2.24) is 25.3 Å². The van der Waals surface area contributed by atoms with Gasteiger partial charge < -0.3 is 25.0 Å². The Bertz CT molecular complexity index is 2250. The Balaban J connectivity index is 1.02. The van der Waals surface area contributed by atoms with Gasteiger partial charge in [-0.1, -0.05) is 61.4 Å². The molecular formula is C44H52N6O8S. The third-order valence-electron chi connectivity index (χ3n) is 13.1. The maximum atomic E-state index is 14.8. The Morgan fingerprint density at radius 3 is 2.22 bits per heavy atom. The van der Waals surface area contributed by atoms with Crippen molar-refractivity contribution in [1.29, 1.82) is 0 Å². The van der Waals surface area contributed by atoms with Crippen LogP contribution in [0.2, 0.25) is 0 Å². The monoisotopic (exact) mass is 824 g/mol. The number of Topliss-reactive ketones (excluding diaryl/α,β-unsaturated/α-hetero) is 1. The number of aromatic nitrogens is 2. The molecule has 4 saturated carbocycles. The number of anilines is 1. The molecule has 0 spiro atoms. The first-order chi connectivity index (χ1) is 28.6. The van der Waals surface area contributed by atoms with E-state index in [2.05, 4.69) is 32.4 Å². The normalized spacial score (nSPS) is 29.3. The van der Waals surface area contributed by atoms with Gasteiger partial charge in [-0.05, 0) is 100 Å². The van der Waals surface area contributed by atoms with E-state index in [0.29, 0.717) is 67.9 Å². The summed E-state index contributed by atoms with van der Waals surface area (Å²) in [5.41, 5.74) is 2.22. The van der Waals surface area contributed by atoms with Gasteiger partial charge in [-0.15, -0.1) is 0 Å². The molecule has 4 aliphatic carbocycles. The molecule has 1 aromatic heterocycles. The van der Waals surface area contributed by atoms with E-state index in [1.54, 1.807) is 0 Å². The molecule has 0 bridgehead atoms. The van der Waals surface area contributed by atoms with Crippen molar-refractivity contribution in [3.05, 3.63) is 71.8 Å². The summed E-state index contributed by atoms with van der Waals surface area (Å²) in [6.07, 6.45) is 10.8. The third kappa shape index (κ3) is 8.40. The highest BCUT2D eigenvalue weighted by Gasteiger charge is 2.62. The van der Waals surface area contributed by atoms with E-state index in [0.717, 1.165) is 38.5 Å². The van der Waals surface area contributed by atoms with Gasteiger partial charge in [0.2, 0.25) is 15.9 Å². The van der Waals surface area contributed by atoms with Crippen LogP contribution in [0.3, 0.4) is 0 Å². The minimum absolute atomic E-state index is 0.119. The van der Waals surface area contributed by atoms with Crippen molar-refractivity contribution in [2.24, 2.45) is 17.8 Å². The molecule has 0 radical (unpaired) electrons. The number of fused-ring (bicyclic) bond motifs is 4. The number of hydrogen-bond donors (Lipinski definition) is 3. The van der Waals surface area contributed by atoms with Gasteiger partial charge in [0.25, 0.3) is 11.8 Å². The van der Waals surface area contributed by atoms with Gasteiger partial charge in [0.15, 0.2) is 11.6 Å². The predicted molar refractivity (Wildman–Crippen MR) is 218 cm³/mol. The number of carbonyl (C=O) groups is 4. The number of ether oxygens (including phenoxy) is 2. The quantitative estimate of drug-likeness (QED) is 0.243. The molecule has 6 aliphatic rings. The van der Waals surface area contributed by atoms with Crippen LogP contribution in [0.25, 0.3) is 11.0 Å². The van der Waals surface area contributed by atoms with Crippen LogP contribution in [0.15, 0.2) is 60.7 Å². The van der Waals surface area contributed by atoms with E-state index < -0.39 is 68.6 Å². The van der Waals surface area contributed by atoms with E-state index in [4.69, 9.17) is 19.4 Å². The summed E-state index contributed by atoms with van der Waals surface area (Å²) in [6, 6.07) is 14.8. The van der Waals surface area contributed by atoms with Crippen LogP contribution in [-0.2, 0) is 42.2 Å². The lowest BCUT2D eigenvalue weighted by Crippen LogP contribution is -2.54. The number of nitrogens with one attached hydrogen (secondary N) is 3. The van der Waals surface area contributed by atoms with Crippen LogP contribution in [0.1, 0.15) is 101 Å². The molecule has 9 rings (SSSR count). The number of nitrogens with zero attached hydrogens (tertiary/aromatic N) is 3.